The van der Waals surface area contributed by atoms with Crippen LogP contribution in [0.3, 0.4) is 0 Å². The van der Waals surface area contributed by atoms with Gasteiger partial charge in [0.25, 0.3) is 0 Å². The SMILES string of the molecule is c1ccc(-c2cc(-c3cccc(-n4c5ccccc5c5c6ccccc6ccc54)c3)c(-c3ccccc3)c3c2-c2cccc4cccc-3c24)cc1. The molecule has 0 fully saturated rings. The molecule has 0 aliphatic heterocycles. The minimum absolute atomic E-state index is 1.15. The van der Waals surface area contributed by atoms with Crippen LogP contribution in [0.2, 0.25) is 0 Å². The van der Waals surface area contributed by atoms with Gasteiger partial charge in [0.05, 0.1) is 11.0 Å². The molecule has 11 rings (SSSR count). The van der Waals surface area contributed by atoms with E-state index in [1.807, 2.05) is 0 Å². The molecule has 0 atom stereocenters. The molecule has 0 amide bonds. The second-order valence-electron chi connectivity index (χ2n) is 13.6. The van der Waals surface area contributed by atoms with E-state index in [0.717, 1.165) is 5.69 Å². The quantitative estimate of drug-likeness (QED) is 0.179. The molecule has 9 aromatic carbocycles. The molecule has 236 valence electrons. The number of para-hydroxylation sites is 1. The Bertz CT molecular complexity index is 3000. The summed E-state index contributed by atoms with van der Waals surface area (Å²) in [4.78, 5) is 0. The van der Waals surface area contributed by atoms with Gasteiger partial charge < -0.3 is 4.57 Å². The van der Waals surface area contributed by atoms with Crippen molar-refractivity contribution in [3.05, 3.63) is 188 Å². The molecule has 0 saturated carbocycles. The van der Waals surface area contributed by atoms with E-state index in [-0.39, 0.29) is 0 Å². The lowest BCUT2D eigenvalue weighted by molar-refractivity contribution is 1.18. The highest BCUT2D eigenvalue weighted by Gasteiger charge is 2.30. The molecule has 0 N–H and O–H groups in total. The van der Waals surface area contributed by atoms with Gasteiger partial charge >= 0.3 is 0 Å². The van der Waals surface area contributed by atoms with Crippen LogP contribution in [0.4, 0.5) is 0 Å². The lowest BCUT2D eigenvalue weighted by Gasteiger charge is -2.21. The van der Waals surface area contributed by atoms with Gasteiger partial charge in [0, 0.05) is 16.5 Å². The highest BCUT2D eigenvalue weighted by Crippen LogP contribution is 2.57. The predicted octanol–water partition coefficient (Wildman–Crippen LogP) is 13.7. The Labute approximate surface area is 296 Å². The molecular formula is C50H31N. The van der Waals surface area contributed by atoms with Crippen molar-refractivity contribution in [2.75, 3.05) is 0 Å². The van der Waals surface area contributed by atoms with Crippen LogP contribution >= 0.6 is 0 Å². The summed E-state index contributed by atoms with van der Waals surface area (Å²) >= 11 is 0. The number of fused-ring (bicyclic) bond motifs is 8. The Morgan fingerprint density at radius 3 is 1.71 bits per heavy atom. The van der Waals surface area contributed by atoms with Crippen molar-refractivity contribution in [1.82, 2.24) is 4.57 Å². The van der Waals surface area contributed by atoms with Crippen LogP contribution in [-0.4, -0.2) is 4.57 Å². The smallest absolute Gasteiger partial charge is 0.0547 e. The summed E-state index contributed by atoms with van der Waals surface area (Å²) < 4.78 is 2.45. The number of aromatic nitrogens is 1. The summed E-state index contributed by atoms with van der Waals surface area (Å²) in [6.45, 7) is 0. The van der Waals surface area contributed by atoms with E-state index < -0.39 is 0 Å². The zero-order valence-corrected chi connectivity index (χ0v) is 27.8. The van der Waals surface area contributed by atoms with E-state index in [1.54, 1.807) is 0 Å². The molecule has 0 bridgehead atoms. The van der Waals surface area contributed by atoms with Crippen LogP contribution in [0.5, 0.6) is 0 Å². The molecule has 1 aromatic heterocycles. The minimum Gasteiger partial charge on any atom is -0.309 e. The molecule has 0 spiro atoms. The van der Waals surface area contributed by atoms with Gasteiger partial charge in [0.15, 0.2) is 0 Å². The number of rotatable bonds is 4. The molecule has 1 nitrogen and oxygen atoms in total. The minimum atomic E-state index is 1.15. The Morgan fingerprint density at radius 2 is 0.902 bits per heavy atom. The number of nitrogens with zero attached hydrogens (tertiary/aromatic N) is 1. The molecule has 0 saturated heterocycles. The molecule has 10 aromatic rings. The van der Waals surface area contributed by atoms with Crippen LogP contribution in [0.1, 0.15) is 0 Å². The molecular weight excluding hydrogens is 615 g/mol. The van der Waals surface area contributed by atoms with Crippen molar-refractivity contribution < 1.29 is 0 Å². The second-order valence-corrected chi connectivity index (χ2v) is 13.6. The van der Waals surface area contributed by atoms with Crippen molar-refractivity contribution in [2.45, 2.75) is 0 Å². The van der Waals surface area contributed by atoms with Crippen LogP contribution in [0.15, 0.2) is 188 Å². The van der Waals surface area contributed by atoms with Crippen molar-refractivity contribution in [1.29, 1.82) is 0 Å². The van der Waals surface area contributed by atoms with Gasteiger partial charge in [-0.3, -0.25) is 0 Å². The zero-order chi connectivity index (χ0) is 33.5. The first-order valence-corrected chi connectivity index (χ1v) is 17.7. The van der Waals surface area contributed by atoms with E-state index in [2.05, 4.69) is 193 Å². The first-order valence-electron chi connectivity index (χ1n) is 17.7. The first kappa shape index (κ1) is 28.2. The lowest BCUT2D eigenvalue weighted by Crippen LogP contribution is -1.97. The topological polar surface area (TPSA) is 4.93 Å². The van der Waals surface area contributed by atoms with Crippen LogP contribution in [-0.2, 0) is 0 Å². The monoisotopic (exact) mass is 645 g/mol. The second kappa shape index (κ2) is 10.9. The molecule has 1 heteroatoms. The summed E-state index contributed by atoms with van der Waals surface area (Å²) in [7, 11) is 0. The lowest BCUT2D eigenvalue weighted by atomic mass is 9.82. The Morgan fingerprint density at radius 1 is 0.294 bits per heavy atom. The Kier molecular flexibility index (Phi) is 6.02. The number of hydrogen-bond donors (Lipinski definition) is 0. The highest BCUT2D eigenvalue weighted by atomic mass is 15.0. The molecule has 51 heavy (non-hydrogen) atoms. The Hall–Kier alpha value is -6.70. The fourth-order valence-corrected chi connectivity index (χ4v) is 8.80. The third-order valence-corrected chi connectivity index (χ3v) is 10.9. The summed E-state index contributed by atoms with van der Waals surface area (Å²) in [5.74, 6) is 0. The summed E-state index contributed by atoms with van der Waals surface area (Å²) in [5, 5.41) is 7.74. The average molecular weight is 646 g/mol. The van der Waals surface area contributed by atoms with Gasteiger partial charge in [-0.15, -0.1) is 0 Å². The van der Waals surface area contributed by atoms with E-state index >= 15 is 0 Å². The average Bonchev–Trinajstić information content (AvgIpc) is 3.73. The standard InChI is InChI=1S/C50H31N/c1-3-14-32(15-4-1)42-31-43(47(35-17-5-2-6-18-35)50-41-26-13-20-34-19-12-25-40(46(34)41)49(42)50)36-21-11-22-37(30-36)51-44-27-10-9-24-39(44)48-38-23-8-7-16-33(38)28-29-45(48)51/h1-31H. The fraction of sp³-hybridized carbons (Fsp3) is 0. The highest BCUT2D eigenvalue weighted by molar-refractivity contribution is 6.23. The van der Waals surface area contributed by atoms with Gasteiger partial charge in [0.1, 0.15) is 0 Å². The largest absolute Gasteiger partial charge is 0.309 e. The predicted molar refractivity (Wildman–Crippen MR) is 217 cm³/mol. The normalized spacial score (nSPS) is 11.9. The third-order valence-electron chi connectivity index (χ3n) is 10.9. The summed E-state index contributed by atoms with van der Waals surface area (Å²) in [6.07, 6.45) is 0. The fourth-order valence-electron chi connectivity index (χ4n) is 8.80. The molecule has 0 radical (unpaired) electrons. The van der Waals surface area contributed by atoms with E-state index in [1.165, 1.54) is 99.0 Å². The van der Waals surface area contributed by atoms with Crippen molar-refractivity contribution in [3.63, 3.8) is 0 Å². The third kappa shape index (κ3) is 4.09. The number of hydrogen-bond acceptors (Lipinski definition) is 0. The summed E-state index contributed by atoms with van der Waals surface area (Å²) in [6, 6.07) is 69.2. The zero-order valence-electron chi connectivity index (χ0n) is 27.8. The van der Waals surface area contributed by atoms with Gasteiger partial charge in [-0.25, -0.2) is 0 Å². The maximum atomic E-state index is 2.46. The Balaban J connectivity index is 1.25. The summed E-state index contributed by atoms with van der Waals surface area (Å²) in [5.41, 5.74) is 16.3. The van der Waals surface area contributed by atoms with Crippen LogP contribution < -0.4 is 0 Å². The maximum Gasteiger partial charge on any atom is 0.0547 e. The van der Waals surface area contributed by atoms with Crippen LogP contribution in [0.25, 0.3) is 105 Å². The number of benzene rings is 9. The van der Waals surface area contributed by atoms with Gasteiger partial charge in [-0.05, 0) is 108 Å². The van der Waals surface area contributed by atoms with E-state index in [0.29, 0.717) is 0 Å². The van der Waals surface area contributed by atoms with Gasteiger partial charge in [0.2, 0.25) is 0 Å². The van der Waals surface area contributed by atoms with Gasteiger partial charge in [-0.1, -0.05) is 158 Å². The van der Waals surface area contributed by atoms with E-state index in [9.17, 15) is 0 Å². The van der Waals surface area contributed by atoms with Crippen LogP contribution in [0, 0.1) is 0 Å². The molecule has 1 aliphatic rings. The van der Waals surface area contributed by atoms with E-state index in [4.69, 9.17) is 0 Å². The molecule has 1 heterocycles. The maximum absolute atomic E-state index is 2.46. The van der Waals surface area contributed by atoms with Crippen molar-refractivity contribution in [2.24, 2.45) is 0 Å². The van der Waals surface area contributed by atoms with Gasteiger partial charge in [-0.2, -0.15) is 0 Å². The molecule has 1 aliphatic carbocycles. The first-order chi connectivity index (χ1) is 25.3. The van der Waals surface area contributed by atoms with Crippen molar-refractivity contribution >= 4 is 43.4 Å². The molecule has 0 unspecified atom stereocenters. The van der Waals surface area contributed by atoms with Crippen molar-refractivity contribution in [3.8, 4) is 61.3 Å².